The number of rotatable bonds is 14. The van der Waals surface area contributed by atoms with Crippen LogP contribution in [0.3, 0.4) is 0 Å². The zero-order valence-electron chi connectivity index (χ0n) is 18.5. The minimum absolute atomic E-state index is 0.0769. The Morgan fingerprint density at radius 2 is 0.743 bits per heavy atom. The number of esters is 2. The van der Waals surface area contributed by atoms with E-state index in [1.807, 2.05) is 0 Å². The van der Waals surface area contributed by atoms with Crippen LogP contribution in [0.25, 0.3) is 0 Å². The minimum atomic E-state index is -0.808. The highest BCUT2D eigenvalue weighted by Crippen LogP contribution is 2.36. The molecule has 0 atom stereocenters. The van der Waals surface area contributed by atoms with Gasteiger partial charge in [0.1, 0.15) is 13.2 Å². The molecule has 2 rings (SSSR count). The number of ether oxygens (including phenoxy) is 5. The van der Waals surface area contributed by atoms with Crippen molar-refractivity contribution < 1.29 is 63.9 Å². The molecule has 0 unspecified atom stereocenters. The number of hydrogen-bond acceptors (Lipinski definition) is 13. The van der Waals surface area contributed by atoms with E-state index in [1.54, 1.807) is 0 Å². The Morgan fingerprint density at radius 1 is 0.486 bits per heavy atom. The Kier molecular flexibility index (Phi) is 10.7. The monoisotopic (exact) mass is 498 g/mol. The number of phenolic OH excluding ortho intramolecular Hbond substituents is 6. The first-order valence-corrected chi connectivity index (χ1v) is 10.3. The van der Waals surface area contributed by atoms with Crippen LogP contribution in [-0.4, -0.2) is 95.4 Å². The van der Waals surface area contributed by atoms with E-state index in [1.165, 1.54) is 0 Å². The fourth-order valence-corrected chi connectivity index (χ4v) is 2.54. The first-order chi connectivity index (χ1) is 16.7. The fourth-order valence-electron chi connectivity index (χ4n) is 2.54. The van der Waals surface area contributed by atoms with E-state index in [4.69, 9.17) is 23.7 Å². The van der Waals surface area contributed by atoms with Gasteiger partial charge in [-0.15, -0.1) is 0 Å². The van der Waals surface area contributed by atoms with Crippen LogP contribution in [0, 0.1) is 0 Å². The summed E-state index contributed by atoms with van der Waals surface area (Å²) in [5.41, 5.74) is -0.260. The fraction of sp³-hybridized carbons (Fsp3) is 0.364. The Balaban J connectivity index is 1.44. The Bertz CT molecular complexity index is 879. The highest BCUT2D eigenvalue weighted by atomic mass is 16.6. The zero-order valence-corrected chi connectivity index (χ0v) is 18.5. The van der Waals surface area contributed by atoms with Crippen LogP contribution in [0.5, 0.6) is 34.5 Å². The summed E-state index contributed by atoms with van der Waals surface area (Å²) in [7, 11) is 0. The number of benzene rings is 2. The number of carbonyl (C=O) groups is 2. The molecule has 0 bridgehead atoms. The van der Waals surface area contributed by atoms with Crippen molar-refractivity contribution in [3.05, 3.63) is 35.4 Å². The third-order valence-corrected chi connectivity index (χ3v) is 4.28. The molecule has 0 amide bonds. The zero-order chi connectivity index (χ0) is 25.8. The Morgan fingerprint density at radius 3 is 1.03 bits per heavy atom. The summed E-state index contributed by atoms with van der Waals surface area (Å²) < 4.78 is 25.6. The summed E-state index contributed by atoms with van der Waals surface area (Å²) in [6.07, 6.45) is 0. The van der Waals surface area contributed by atoms with Crippen molar-refractivity contribution in [1.29, 1.82) is 0 Å². The van der Waals surface area contributed by atoms with E-state index in [0.717, 1.165) is 24.3 Å². The molecule has 0 spiro atoms. The van der Waals surface area contributed by atoms with Crippen molar-refractivity contribution in [3.63, 3.8) is 0 Å². The van der Waals surface area contributed by atoms with Gasteiger partial charge in [-0.3, -0.25) is 0 Å². The number of carbonyl (C=O) groups excluding carboxylic acids is 2. The van der Waals surface area contributed by atoms with Crippen LogP contribution in [0.2, 0.25) is 0 Å². The minimum Gasteiger partial charge on any atom is -0.504 e. The SMILES string of the molecule is O=C(OCCOCCOCCOCCOC(=O)c1cc(O)c(O)c(O)c1)c1cc(O)c(O)c(O)c1. The second-order valence-electron chi connectivity index (χ2n) is 6.84. The molecule has 13 nitrogen and oxygen atoms in total. The van der Waals surface area contributed by atoms with Crippen molar-refractivity contribution in [1.82, 2.24) is 0 Å². The molecule has 0 radical (unpaired) electrons. The Labute approximate surface area is 199 Å². The maximum absolute atomic E-state index is 11.8. The van der Waals surface area contributed by atoms with E-state index in [9.17, 15) is 40.2 Å². The maximum Gasteiger partial charge on any atom is 0.338 e. The van der Waals surface area contributed by atoms with E-state index < -0.39 is 46.4 Å². The molecule has 13 heteroatoms. The van der Waals surface area contributed by atoms with E-state index in [-0.39, 0.29) is 64.0 Å². The van der Waals surface area contributed by atoms with Gasteiger partial charge in [0, 0.05) is 0 Å². The first-order valence-electron chi connectivity index (χ1n) is 10.3. The molecule has 0 aromatic heterocycles. The maximum atomic E-state index is 11.8. The van der Waals surface area contributed by atoms with Gasteiger partial charge < -0.3 is 54.3 Å². The molecular formula is C22H26O13. The molecule has 0 heterocycles. The predicted molar refractivity (Wildman–Crippen MR) is 116 cm³/mol. The lowest BCUT2D eigenvalue weighted by molar-refractivity contribution is -0.00677. The molecule has 0 saturated heterocycles. The smallest absolute Gasteiger partial charge is 0.338 e. The van der Waals surface area contributed by atoms with Gasteiger partial charge in [-0.2, -0.15) is 0 Å². The van der Waals surface area contributed by atoms with Gasteiger partial charge in [-0.05, 0) is 24.3 Å². The lowest BCUT2D eigenvalue weighted by Crippen LogP contribution is -2.15. The average molecular weight is 498 g/mol. The lowest BCUT2D eigenvalue weighted by atomic mass is 10.2. The van der Waals surface area contributed by atoms with Crippen LogP contribution < -0.4 is 0 Å². The molecule has 0 aliphatic heterocycles. The molecule has 0 aliphatic carbocycles. The van der Waals surface area contributed by atoms with Crippen LogP contribution in [0.1, 0.15) is 20.7 Å². The third kappa shape index (κ3) is 8.73. The second-order valence-corrected chi connectivity index (χ2v) is 6.84. The molecule has 0 saturated carbocycles. The van der Waals surface area contributed by atoms with Crippen LogP contribution in [0.15, 0.2) is 24.3 Å². The summed E-state index contributed by atoms with van der Waals surface area (Å²) in [5.74, 6) is -5.66. The first kappa shape index (κ1) is 27.3. The van der Waals surface area contributed by atoms with E-state index in [0.29, 0.717) is 0 Å². The van der Waals surface area contributed by atoms with Crippen LogP contribution in [0.4, 0.5) is 0 Å². The summed E-state index contributed by atoms with van der Waals surface area (Å²) in [5, 5.41) is 56.0. The molecule has 0 aliphatic rings. The molecule has 2 aromatic rings. The topological polar surface area (TPSA) is 202 Å². The summed E-state index contributed by atoms with van der Waals surface area (Å²) >= 11 is 0. The van der Waals surface area contributed by atoms with Crippen LogP contribution in [-0.2, 0) is 23.7 Å². The molecule has 2 aromatic carbocycles. The highest BCUT2D eigenvalue weighted by Gasteiger charge is 2.15. The van der Waals surface area contributed by atoms with Gasteiger partial charge in [0.15, 0.2) is 34.5 Å². The number of hydrogen-bond donors (Lipinski definition) is 6. The molecular weight excluding hydrogens is 472 g/mol. The largest absolute Gasteiger partial charge is 0.504 e. The summed E-state index contributed by atoms with van der Waals surface area (Å²) in [6, 6.07) is 3.85. The summed E-state index contributed by atoms with van der Waals surface area (Å²) in [4.78, 5) is 23.6. The normalized spacial score (nSPS) is 10.7. The van der Waals surface area contributed by atoms with Gasteiger partial charge >= 0.3 is 11.9 Å². The highest BCUT2D eigenvalue weighted by molar-refractivity contribution is 5.91. The van der Waals surface area contributed by atoms with Gasteiger partial charge in [0.25, 0.3) is 0 Å². The third-order valence-electron chi connectivity index (χ3n) is 4.28. The molecule has 192 valence electrons. The van der Waals surface area contributed by atoms with E-state index >= 15 is 0 Å². The Hall–Kier alpha value is -3.94. The van der Waals surface area contributed by atoms with Gasteiger partial charge in [-0.25, -0.2) is 9.59 Å². The molecule has 35 heavy (non-hydrogen) atoms. The number of phenols is 6. The van der Waals surface area contributed by atoms with Gasteiger partial charge in [0.05, 0.1) is 50.8 Å². The predicted octanol–water partition coefficient (Wildman–Crippen LogP) is 0.984. The van der Waals surface area contributed by atoms with Crippen molar-refractivity contribution in [3.8, 4) is 34.5 Å². The quantitative estimate of drug-likeness (QED) is 0.122. The molecule has 0 fully saturated rings. The van der Waals surface area contributed by atoms with Crippen molar-refractivity contribution in [2.24, 2.45) is 0 Å². The van der Waals surface area contributed by atoms with Crippen molar-refractivity contribution in [2.45, 2.75) is 0 Å². The average Bonchev–Trinajstić information content (AvgIpc) is 2.82. The second kappa shape index (κ2) is 13.7. The summed E-state index contributed by atoms with van der Waals surface area (Å²) in [6.45, 7) is 0.969. The lowest BCUT2D eigenvalue weighted by Gasteiger charge is -2.09. The number of aromatic hydroxyl groups is 6. The van der Waals surface area contributed by atoms with Gasteiger partial charge in [-0.1, -0.05) is 0 Å². The standard InChI is InChI=1S/C22H26O13/c23-15-9-13(10-16(24)19(15)27)21(29)34-7-5-32-3-1-31-2-4-33-6-8-35-22(30)14-11-17(25)20(28)18(26)12-14/h9-12,23-28H,1-8H2. The van der Waals surface area contributed by atoms with Crippen LogP contribution >= 0.6 is 0 Å². The van der Waals surface area contributed by atoms with Crippen molar-refractivity contribution >= 4 is 11.9 Å². The van der Waals surface area contributed by atoms with E-state index in [2.05, 4.69) is 0 Å². The van der Waals surface area contributed by atoms with Gasteiger partial charge in [0.2, 0.25) is 0 Å². The molecule has 6 N–H and O–H groups in total. The van der Waals surface area contributed by atoms with Crippen molar-refractivity contribution in [2.75, 3.05) is 52.9 Å².